The number of ether oxygens (including phenoxy) is 3. The Bertz CT molecular complexity index is 645. The van der Waals surface area contributed by atoms with E-state index in [1.807, 2.05) is 6.92 Å². The number of carboxylic acid groups (broad SMARTS) is 1. The van der Waals surface area contributed by atoms with E-state index in [1.165, 1.54) is 0 Å². The Morgan fingerprint density at radius 3 is 2.74 bits per heavy atom. The average Bonchev–Trinajstić information content (AvgIpc) is 2.60. The summed E-state index contributed by atoms with van der Waals surface area (Å²) >= 11 is 0. The van der Waals surface area contributed by atoms with Gasteiger partial charge < -0.3 is 24.6 Å². The van der Waals surface area contributed by atoms with E-state index in [-0.39, 0.29) is 18.1 Å². The van der Waals surface area contributed by atoms with Gasteiger partial charge in [-0.15, -0.1) is 0 Å². The summed E-state index contributed by atoms with van der Waals surface area (Å²) in [5.74, 6) is -0.0443. The summed E-state index contributed by atoms with van der Waals surface area (Å²) in [6.07, 6.45) is 2.76. The molecule has 0 radical (unpaired) electrons. The van der Waals surface area contributed by atoms with Crippen LogP contribution in [0.5, 0.6) is 11.5 Å². The normalized spacial score (nSPS) is 19.6. The zero-order chi connectivity index (χ0) is 19.8. The Morgan fingerprint density at radius 1 is 1.30 bits per heavy atom. The fourth-order valence-corrected chi connectivity index (χ4v) is 3.15. The van der Waals surface area contributed by atoms with E-state index < -0.39 is 12.6 Å². The van der Waals surface area contributed by atoms with Crippen molar-refractivity contribution in [2.24, 2.45) is 5.92 Å². The summed E-state index contributed by atoms with van der Waals surface area (Å²) < 4.78 is 16.5. The molecular formula is C20H29NO6. The van der Waals surface area contributed by atoms with Gasteiger partial charge in [-0.1, -0.05) is 13.8 Å². The van der Waals surface area contributed by atoms with Gasteiger partial charge in [0, 0.05) is 18.2 Å². The van der Waals surface area contributed by atoms with Crippen LogP contribution in [0, 0.1) is 5.92 Å². The third-order valence-electron chi connectivity index (χ3n) is 4.29. The molecule has 1 saturated heterocycles. The summed E-state index contributed by atoms with van der Waals surface area (Å²) in [4.78, 5) is 23.3. The highest BCUT2D eigenvalue weighted by Crippen LogP contribution is 2.29. The van der Waals surface area contributed by atoms with Gasteiger partial charge in [0.1, 0.15) is 0 Å². The lowest BCUT2D eigenvalue weighted by atomic mass is 9.96. The van der Waals surface area contributed by atoms with Crippen molar-refractivity contribution in [1.29, 1.82) is 0 Å². The van der Waals surface area contributed by atoms with Gasteiger partial charge in [0.25, 0.3) is 5.91 Å². The highest BCUT2D eigenvalue weighted by atomic mass is 16.5. The van der Waals surface area contributed by atoms with E-state index in [2.05, 4.69) is 19.2 Å². The van der Waals surface area contributed by atoms with Crippen LogP contribution in [0.15, 0.2) is 18.2 Å². The zero-order valence-electron chi connectivity index (χ0n) is 16.2. The van der Waals surface area contributed by atoms with E-state index >= 15 is 0 Å². The second-order valence-electron chi connectivity index (χ2n) is 7.09. The second-order valence-corrected chi connectivity index (χ2v) is 7.09. The van der Waals surface area contributed by atoms with E-state index in [4.69, 9.17) is 19.3 Å². The number of rotatable bonds is 9. The van der Waals surface area contributed by atoms with Crippen molar-refractivity contribution < 1.29 is 28.9 Å². The first-order valence-corrected chi connectivity index (χ1v) is 9.43. The number of benzene rings is 1. The van der Waals surface area contributed by atoms with Crippen LogP contribution < -0.4 is 14.8 Å². The Hall–Kier alpha value is -2.28. The third kappa shape index (κ3) is 6.75. The molecule has 1 heterocycles. The third-order valence-corrected chi connectivity index (χ3v) is 4.29. The molecule has 27 heavy (non-hydrogen) atoms. The molecule has 0 spiro atoms. The van der Waals surface area contributed by atoms with Crippen LogP contribution in [0.3, 0.4) is 0 Å². The molecule has 7 heteroatoms. The minimum Gasteiger partial charge on any atom is -0.490 e. The standard InChI is InChI=1S/C20H29NO6/c1-4-25-18-10-14(5-6-17(18)27-12-19(22)23)20(24)21-15-7-8-26-16(11-15)9-13(2)3/h5-6,10,13,15-16H,4,7-9,11-12H2,1-3H3,(H,21,24)(H,22,23). The molecular weight excluding hydrogens is 350 g/mol. The van der Waals surface area contributed by atoms with Crippen molar-refractivity contribution in [3.05, 3.63) is 23.8 Å². The minimum absolute atomic E-state index is 0.0773. The van der Waals surface area contributed by atoms with Crippen LogP contribution in [0.1, 0.15) is 50.4 Å². The number of hydrogen-bond donors (Lipinski definition) is 2. The van der Waals surface area contributed by atoms with Gasteiger partial charge in [0.05, 0.1) is 12.7 Å². The summed E-state index contributed by atoms with van der Waals surface area (Å²) in [7, 11) is 0. The lowest BCUT2D eigenvalue weighted by Crippen LogP contribution is -2.42. The first kappa shape index (κ1) is 21.0. The molecule has 2 unspecified atom stereocenters. The van der Waals surface area contributed by atoms with Gasteiger partial charge in [-0.05, 0) is 50.3 Å². The highest BCUT2D eigenvalue weighted by Gasteiger charge is 2.25. The second kappa shape index (κ2) is 10.2. The van der Waals surface area contributed by atoms with Crippen molar-refractivity contribution in [3.63, 3.8) is 0 Å². The van der Waals surface area contributed by atoms with Crippen LogP contribution in [0.4, 0.5) is 0 Å². The molecule has 1 aliphatic rings. The summed E-state index contributed by atoms with van der Waals surface area (Å²) in [5, 5.41) is 11.8. The van der Waals surface area contributed by atoms with Crippen LogP contribution in [0.25, 0.3) is 0 Å². The molecule has 7 nitrogen and oxygen atoms in total. The monoisotopic (exact) mass is 379 g/mol. The maximum Gasteiger partial charge on any atom is 0.341 e. The molecule has 2 rings (SSSR count). The van der Waals surface area contributed by atoms with Crippen molar-refractivity contribution >= 4 is 11.9 Å². The Balaban J connectivity index is 2.02. The lowest BCUT2D eigenvalue weighted by molar-refractivity contribution is -0.139. The molecule has 1 amide bonds. The van der Waals surface area contributed by atoms with E-state index in [1.54, 1.807) is 18.2 Å². The molecule has 0 aromatic heterocycles. The maximum absolute atomic E-state index is 12.6. The van der Waals surface area contributed by atoms with Crippen molar-refractivity contribution in [3.8, 4) is 11.5 Å². The van der Waals surface area contributed by atoms with Crippen molar-refractivity contribution in [1.82, 2.24) is 5.32 Å². The molecule has 1 fully saturated rings. The molecule has 1 aromatic carbocycles. The van der Waals surface area contributed by atoms with E-state index in [0.29, 0.717) is 36.2 Å². The number of carbonyl (C=O) groups is 2. The molecule has 0 saturated carbocycles. The van der Waals surface area contributed by atoms with Gasteiger partial charge in [-0.25, -0.2) is 4.79 Å². The van der Waals surface area contributed by atoms with Gasteiger partial charge in [0.2, 0.25) is 0 Å². The summed E-state index contributed by atoms with van der Waals surface area (Å²) in [6.45, 7) is 6.69. The smallest absolute Gasteiger partial charge is 0.341 e. The number of carboxylic acids is 1. The Kier molecular flexibility index (Phi) is 7.91. The van der Waals surface area contributed by atoms with Gasteiger partial charge >= 0.3 is 5.97 Å². The Morgan fingerprint density at radius 2 is 2.07 bits per heavy atom. The molecule has 1 aromatic rings. The molecule has 0 aliphatic carbocycles. The van der Waals surface area contributed by atoms with Crippen molar-refractivity contribution in [2.45, 2.75) is 52.2 Å². The number of carbonyl (C=O) groups excluding carboxylic acids is 1. The largest absolute Gasteiger partial charge is 0.490 e. The van der Waals surface area contributed by atoms with Crippen LogP contribution in [-0.2, 0) is 9.53 Å². The van der Waals surface area contributed by atoms with E-state index in [0.717, 1.165) is 19.3 Å². The van der Waals surface area contributed by atoms with Crippen LogP contribution in [0.2, 0.25) is 0 Å². The number of amides is 1. The minimum atomic E-state index is -1.07. The number of nitrogens with one attached hydrogen (secondary N) is 1. The van der Waals surface area contributed by atoms with Gasteiger partial charge in [0.15, 0.2) is 18.1 Å². The first-order chi connectivity index (χ1) is 12.9. The molecule has 1 aliphatic heterocycles. The number of hydrogen-bond acceptors (Lipinski definition) is 5. The average molecular weight is 379 g/mol. The van der Waals surface area contributed by atoms with E-state index in [9.17, 15) is 9.59 Å². The maximum atomic E-state index is 12.6. The SMILES string of the molecule is CCOc1cc(C(=O)NC2CCOC(CC(C)C)C2)ccc1OCC(=O)O. The Labute approximate surface area is 160 Å². The van der Waals surface area contributed by atoms with Crippen molar-refractivity contribution in [2.75, 3.05) is 19.8 Å². The summed E-state index contributed by atoms with van der Waals surface area (Å²) in [5.41, 5.74) is 0.452. The quantitative estimate of drug-likeness (QED) is 0.685. The summed E-state index contributed by atoms with van der Waals surface area (Å²) in [6, 6.07) is 4.84. The molecule has 2 N–H and O–H groups in total. The molecule has 0 bridgehead atoms. The number of aliphatic carboxylic acids is 1. The predicted octanol–water partition coefficient (Wildman–Crippen LogP) is 2.87. The lowest BCUT2D eigenvalue weighted by Gasteiger charge is -2.31. The fraction of sp³-hybridized carbons (Fsp3) is 0.600. The van der Waals surface area contributed by atoms with Gasteiger partial charge in [-0.3, -0.25) is 4.79 Å². The van der Waals surface area contributed by atoms with Crippen LogP contribution in [-0.4, -0.2) is 48.9 Å². The molecule has 2 atom stereocenters. The predicted molar refractivity (Wildman–Crippen MR) is 100 cm³/mol. The molecule has 150 valence electrons. The highest BCUT2D eigenvalue weighted by molar-refractivity contribution is 5.95. The van der Waals surface area contributed by atoms with Crippen LogP contribution >= 0.6 is 0 Å². The zero-order valence-corrected chi connectivity index (χ0v) is 16.2. The fourth-order valence-electron chi connectivity index (χ4n) is 3.15. The first-order valence-electron chi connectivity index (χ1n) is 9.43. The topological polar surface area (TPSA) is 94.1 Å². The van der Waals surface area contributed by atoms with Gasteiger partial charge in [-0.2, -0.15) is 0 Å².